The Hall–Kier alpha value is -1.14. The first-order chi connectivity index (χ1) is 8.01. The second-order valence-corrected chi connectivity index (χ2v) is 6.39. The van der Waals surface area contributed by atoms with E-state index in [9.17, 15) is 12.8 Å². The highest BCUT2D eigenvalue weighted by atomic mass is 32.2. The van der Waals surface area contributed by atoms with E-state index in [1.165, 1.54) is 22.5 Å². The van der Waals surface area contributed by atoms with Crippen LogP contribution in [0.2, 0.25) is 0 Å². The smallest absolute Gasteiger partial charge is 0.239 e. The highest BCUT2D eigenvalue weighted by molar-refractivity contribution is 7.93. The first kappa shape index (κ1) is 12.3. The van der Waals surface area contributed by atoms with Gasteiger partial charge in [0.05, 0.1) is 10.9 Å². The van der Waals surface area contributed by atoms with E-state index < -0.39 is 21.1 Å². The maximum Gasteiger partial charge on any atom is 0.239 e. The molecule has 1 aromatic carbocycles. The highest BCUT2D eigenvalue weighted by Crippen LogP contribution is 2.22. The van der Waals surface area contributed by atoms with Crippen molar-refractivity contribution in [2.45, 2.75) is 12.2 Å². The molecule has 0 spiro atoms. The van der Waals surface area contributed by atoms with Crippen molar-refractivity contribution in [2.24, 2.45) is 0 Å². The number of hydrogen-bond acceptors (Lipinski definition) is 3. The summed E-state index contributed by atoms with van der Waals surface area (Å²) in [5.41, 5.74) is 0.389. The van der Waals surface area contributed by atoms with Crippen molar-refractivity contribution in [2.75, 3.05) is 23.9 Å². The Morgan fingerprint density at radius 1 is 1.47 bits per heavy atom. The summed E-state index contributed by atoms with van der Waals surface area (Å²) >= 11 is 0. The molecule has 2 rings (SSSR count). The summed E-state index contributed by atoms with van der Waals surface area (Å²) in [5.74, 6) is -0.428. The van der Waals surface area contributed by atoms with Crippen LogP contribution in [0.15, 0.2) is 24.3 Å². The first-order valence-corrected chi connectivity index (χ1v) is 7.00. The van der Waals surface area contributed by atoms with Crippen LogP contribution in [0.4, 0.5) is 10.1 Å². The minimum Gasteiger partial charge on any atom is -0.314 e. The van der Waals surface area contributed by atoms with Gasteiger partial charge in [-0.05, 0) is 25.1 Å². The Morgan fingerprint density at radius 3 is 2.94 bits per heavy atom. The van der Waals surface area contributed by atoms with Crippen molar-refractivity contribution in [1.82, 2.24) is 5.32 Å². The number of benzene rings is 1. The van der Waals surface area contributed by atoms with Crippen molar-refractivity contribution >= 4 is 15.7 Å². The molecule has 0 saturated carbocycles. The predicted molar refractivity (Wildman–Crippen MR) is 65.0 cm³/mol. The summed E-state index contributed by atoms with van der Waals surface area (Å²) in [6.07, 6.45) is 0. The maximum absolute atomic E-state index is 13.1. The number of rotatable bonds is 1. The summed E-state index contributed by atoms with van der Waals surface area (Å²) in [4.78, 5) is 0. The van der Waals surface area contributed by atoms with Crippen LogP contribution in [0.25, 0.3) is 0 Å². The SMILES string of the molecule is CC1CNCCN(c2cccc(F)c2)S1(=O)=O. The molecule has 1 unspecified atom stereocenters. The molecule has 1 heterocycles. The molecule has 1 fully saturated rings. The Labute approximate surface area is 100 Å². The van der Waals surface area contributed by atoms with Crippen molar-refractivity contribution in [3.8, 4) is 0 Å². The molecule has 94 valence electrons. The number of halogens is 1. The largest absolute Gasteiger partial charge is 0.314 e. The average Bonchev–Trinajstić information content (AvgIpc) is 2.39. The molecular formula is C11H15FN2O2S. The van der Waals surface area contributed by atoms with Gasteiger partial charge < -0.3 is 5.32 Å². The lowest BCUT2D eigenvalue weighted by atomic mass is 10.3. The van der Waals surface area contributed by atoms with Gasteiger partial charge in [-0.25, -0.2) is 12.8 Å². The first-order valence-electron chi connectivity index (χ1n) is 5.49. The van der Waals surface area contributed by atoms with E-state index in [1.54, 1.807) is 13.0 Å². The molecule has 0 aliphatic carbocycles. The zero-order valence-electron chi connectivity index (χ0n) is 9.56. The molecule has 1 saturated heterocycles. The molecule has 6 heteroatoms. The molecule has 1 aliphatic rings. The third kappa shape index (κ3) is 2.42. The number of sulfonamides is 1. The van der Waals surface area contributed by atoms with E-state index in [0.29, 0.717) is 25.3 Å². The lowest BCUT2D eigenvalue weighted by molar-refractivity contribution is 0.581. The van der Waals surface area contributed by atoms with Crippen molar-refractivity contribution in [3.63, 3.8) is 0 Å². The molecule has 17 heavy (non-hydrogen) atoms. The molecule has 1 atom stereocenters. The molecule has 0 radical (unpaired) electrons. The van der Waals surface area contributed by atoms with E-state index in [4.69, 9.17) is 0 Å². The van der Waals surface area contributed by atoms with Gasteiger partial charge in [-0.1, -0.05) is 6.07 Å². The van der Waals surface area contributed by atoms with Gasteiger partial charge in [0.2, 0.25) is 10.0 Å². The third-order valence-electron chi connectivity index (χ3n) is 2.84. The van der Waals surface area contributed by atoms with E-state index in [2.05, 4.69) is 5.32 Å². The fourth-order valence-corrected chi connectivity index (χ4v) is 3.36. The van der Waals surface area contributed by atoms with Gasteiger partial charge in [0, 0.05) is 19.6 Å². The Bertz CT molecular complexity index is 504. The van der Waals surface area contributed by atoms with Gasteiger partial charge in [-0.3, -0.25) is 4.31 Å². The summed E-state index contributed by atoms with van der Waals surface area (Å²) < 4.78 is 38.8. The molecule has 1 aliphatic heterocycles. The Morgan fingerprint density at radius 2 is 2.24 bits per heavy atom. The molecule has 0 amide bonds. The molecule has 0 aromatic heterocycles. The number of anilines is 1. The van der Waals surface area contributed by atoms with Crippen LogP contribution in [0, 0.1) is 5.82 Å². The Kier molecular flexibility index (Phi) is 3.35. The molecule has 1 aromatic rings. The van der Waals surface area contributed by atoms with E-state index in [0.717, 1.165) is 0 Å². The van der Waals surface area contributed by atoms with E-state index in [1.807, 2.05) is 0 Å². The van der Waals surface area contributed by atoms with Gasteiger partial charge >= 0.3 is 0 Å². The van der Waals surface area contributed by atoms with Crippen LogP contribution in [0.5, 0.6) is 0 Å². The predicted octanol–water partition coefficient (Wildman–Crippen LogP) is 0.954. The monoisotopic (exact) mass is 258 g/mol. The highest BCUT2D eigenvalue weighted by Gasteiger charge is 2.31. The number of nitrogens with one attached hydrogen (secondary N) is 1. The minimum atomic E-state index is -3.40. The van der Waals surface area contributed by atoms with Crippen LogP contribution in [-0.2, 0) is 10.0 Å². The second-order valence-electron chi connectivity index (χ2n) is 4.11. The zero-order valence-corrected chi connectivity index (χ0v) is 10.4. The van der Waals surface area contributed by atoms with Gasteiger partial charge in [0.25, 0.3) is 0 Å². The summed E-state index contributed by atoms with van der Waals surface area (Å²) in [5, 5.41) is 2.55. The normalized spacial score (nSPS) is 24.4. The molecular weight excluding hydrogens is 243 g/mol. The fourth-order valence-electron chi connectivity index (χ4n) is 1.84. The summed E-state index contributed by atoms with van der Waals surface area (Å²) in [6, 6.07) is 5.67. The number of hydrogen-bond donors (Lipinski definition) is 1. The lowest BCUT2D eigenvalue weighted by Gasteiger charge is -2.24. The van der Waals surface area contributed by atoms with Gasteiger partial charge in [-0.2, -0.15) is 0 Å². The van der Waals surface area contributed by atoms with Gasteiger partial charge in [0.15, 0.2) is 0 Å². The average molecular weight is 258 g/mol. The lowest BCUT2D eigenvalue weighted by Crippen LogP contribution is -2.37. The van der Waals surface area contributed by atoms with Crippen molar-refractivity contribution in [1.29, 1.82) is 0 Å². The maximum atomic E-state index is 13.1. The topological polar surface area (TPSA) is 49.4 Å². The summed E-state index contributed by atoms with van der Waals surface area (Å²) in [7, 11) is -3.40. The fraction of sp³-hybridized carbons (Fsp3) is 0.455. The van der Waals surface area contributed by atoms with Gasteiger partial charge in [-0.15, -0.1) is 0 Å². The molecule has 0 bridgehead atoms. The van der Waals surface area contributed by atoms with Crippen LogP contribution in [0.1, 0.15) is 6.92 Å². The Balaban J connectivity index is 2.42. The standard InChI is InChI=1S/C11H15FN2O2S/c1-9-8-13-5-6-14(17(9,15)16)11-4-2-3-10(12)7-11/h2-4,7,9,13H,5-6,8H2,1H3. The van der Waals surface area contributed by atoms with Gasteiger partial charge in [0.1, 0.15) is 5.82 Å². The van der Waals surface area contributed by atoms with Crippen LogP contribution in [-0.4, -0.2) is 33.3 Å². The summed E-state index contributed by atoms with van der Waals surface area (Å²) in [6.45, 7) is 2.98. The third-order valence-corrected chi connectivity index (χ3v) is 5.03. The van der Waals surface area contributed by atoms with Crippen LogP contribution < -0.4 is 9.62 Å². The minimum absolute atomic E-state index is 0.329. The molecule has 1 N–H and O–H groups in total. The van der Waals surface area contributed by atoms with Crippen molar-refractivity contribution < 1.29 is 12.8 Å². The van der Waals surface area contributed by atoms with E-state index >= 15 is 0 Å². The van der Waals surface area contributed by atoms with Crippen LogP contribution in [0.3, 0.4) is 0 Å². The number of nitrogens with zero attached hydrogens (tertiary/aromatic N) is 1. The molecule has 4 nitrogen and oxygen atoms in total. The van der Waals surface area contributed by atoms with E-state index in [-0.39, 0.29) is 0 Å². The second kappa shape index (κ2) is 4.62. The van der Waals surface area contributed by atoms with Crippen LogP contribution >= 0.6 is 0 Å². The van der Waals surface area contributed by atoms with Crippen molar-refractivity contribution in [3.05, 3.63) is 30.1 Å². The zero-order chi connectivity index (χ0) is 12.5. The quantitative estimate of drug-likeness (QED) is 0.816.